The molecule has 1 fully saturated rings. The molecule has 0 bridgehead atoms. The van der Waals surface area contributed by atoms with Crippen molar-refractivity contribution in [3.05, 3.63) is 35.9 Å². The van der Waals surface area contributed by atoms with E-state index in [1.54, 1.807) is 0 Å². The van der Waals surface area contributed by atoms with Crippen LogP contribution >= 0.6 is 22.6 Å². The zero-order chi connectivity index (χ0) is 13.5. The van der Waals surface area contributed by atoms with Gasteiger partial charge >= 0.3 is 0 Å². The summed E-state index contributed by atoms with van der Waals surface area (Å²) < 4.78 is 11.6. The number of hydrogen-bond donors (Lipinski definition) is 1. The van der Waals surface area contributed by atoms with E-state index in [4.69, 9.17) is 9.47 Å². The highest BCUT2D eigenvalue weighted by atomic mass is 127. The van der Waals surface area contributed by atoms with Gasteiger partial charge in [0.15, 0.2) is 0 Å². The Kier molecular flexibility index (Phi) is 6.56. The van der Waals surface area contributed by atoms with Gasteiger partial charge in [-0.2, -0.15) is 0 Å². The molecule has 0 aliphatic carbocycles. The lowest BCUT2D eigenvalue weighted by atomic mass is 10.0. The molecule has 2 rings (SSSR count). The molecule has 106 valence electrons. The average Bonchev–Trinajstić information content (AvgIpc) is 2.45. The molecule has 19 heavy (non-hydrogen) atoms. The molecule has 1 aromatic carbocycles. The summed E-state index contributed by atoms with van der Waals surface area (Å²) in [4.78, 5) is 0. The van der Waals surface area contributed by atoms with Crippen LogP contribution in [-0.2, 0) is 16.1 Å². The van der Waals surface area contributed by atoms with Crippen LogP contribution in [0.5, 0.6) is 0 Å². The summed E-state index contributed by atoms with van der Waals surface area (Å²) in [6.45, 7) is 2.12. The molecule has 0 amide bonds. The maximum Gasteiger partial charge on any atom is 0.0951 e. The molecule has 0 saturated carbocycles. The highest BCUT2D eigenvalue weighted by molar-refractivity contribution is 14.1. The Balaban J connectivity index is 1.65. The molecule has 3 atom stereocenters. The molecule has 3 nitrogen and oxygen atoms in total. The largest absolute Gasteiger partial charge is 0.390 e. The van der Waals surface area contributed by atoms with E-state index < -0.39 is 0 Å². The lowest BCUT2D eigenvalue weighted by molar-refractivity contribution is -0.0740. The molecule has 0 radical (unpaired) electrons. The van der Waals surface area contributed by atoms with E-state index in [0.29, 0.717) is 17.1 Å². The Hall–Kier alpha value is -0.170. The van der Waals surface area contributed by atoms with Crippen molar-refractivity contribution >= 4 is 22.6 Å². The maximum absolute atomic E-state index is 9.90. The van der Waals surface area contributed by atoms with Crippen molar-refractivity contribution in [1.29, 1.82) is 0 Å². The lowest BCUT2D eigenvalue weighted by Gasteiger charge is -2.31. The normalized spacial score (nSPS) is 25.2. The van der Waals surface area contributed by atoms with Crippen molar-refractivity contribution in [3.8, 4) is 0 Å². The van der Waals surface area contributed by atoms with Crippen LogP contribution in [0.2, 0.25) is 0 Å². The van der Waals surface area contributed by atoms with Crippen LogP contribution < -0.4 is 0 Å². The fraction of sp³-hybridized carbons (Fsp3) is 0.600. The summed E-state index contributed by atoms with van der Waals surface area (Å²) in [7, 11) is 0. The second-order valence-electron chi connectivity index (χ2n) is 4.89. The predicted molar refractivity (Wildman–Crippen MR) is 83.5 cm³/mol. The van der Waals surface area contributed by atoms with E-state index in [0.717, 1.165) is 25.9 Å². The van der Waals surface area contributed by atoms with Gasteiger partial charge in [-0.3, -0.25) is 0 Å². The van der Waals surface area contributed by atoms with E-state index in [9.17, 15) is 5.11 Å². The first-order chi connectivity index (χ1) is 9.27. The maximum atomic E-state index is 9.90. The highest BCUT2D eigenvalue weighted by Gasteiger charge is 2.29. The van der Waals surface area contributed by atoms with Gasteiger partial charge in [-0.25, -0.2) is 0 Å². The number of aliphatic hydroxyl groups excluding tert-OH is 1. The summed E-state index contributed by atoms with van der Waals surface area (Å²) in [5, 5.41) is 9.90. The molecule has 1 heterocycles. The highest BCUT2D eigenvalue weighted by Crippen LogP contribution is 2.24. The Morgan fingerprint density at radius 3 is 2.89 bits per heavy atom. The van der Waals surface area contributed by atoms with E-state index >= 15 is 0 Å². The van der Waals surface area contributed by atoms with Crippen LogP contribution in [0.15, 0.2) is 30.3 Å². The van der Waals surface area contributed by atoms with Gasteiger partial charge in [-0.15, -0.1) is 0 Å². The number of ether oxygens (including phenoxy) is 2. The molecule has 0 unspecified atom stereocenters. The van der Waals surface area contributed by atoms with Crippen LogP contribution in [0, 0.1) is 0 Å². The van der Waals surface area contributed by atoms with Gasteiger partial charge < -0.3 is 14.6 Å². The Morgan fingerprint density at radius 1 is 1.37 bits per heavy atom. The van der Waals surface area contributed by atoms with Gasteiger partial charge in [0.25, 0.3) is 0 Å². The molecule has 1 aromatic rings. The van der Waals surface area contributed by atoms with Crippen molar-refractivity contribution in [2.24, 2.45) is 0 Å². The average molecular weight is 376 g/mol. The molecule has 0 aromatic heterocycles. The number of alkyl halides is 1. The summed E-state index contributed by atoms with van der Waals surface area (Å²) in [5.41, 5.74) is 1.20. The van der Waals surface area contributed by atoms with Crippen LogP contribution in [0.3, 0.4) is 0 Å². The molecular formula is C15H21IO3. The number of rotatable bonds is 6. The van der Waals surface area contributed by atoms with Gasteiger partial charge in [-0.05, 0) is 24.8 Å². The van der Waals surface area contributed by atoms with E-state index in [1.807, 2.05) is 18.2 Å². The van der Waals surface area contributed by atoms with Gasteiger partial charge in [0.1, 0.15) is 0 Å². The monoisotopic (exact) mass is 376 g/mol. The SMILES string of the molecule is O[C@@H]1CCCO[C@H]1[C@H](I)CCOCc1ccccc1. The van der Waals surface area contributed by atoms with Crippen LogP contribution in [0.1, 0.15) is 24.8 Å². The summed E-state index contributed by atoms with van der Waals surface area (Å²) in [6.07, 6.45) is 2.38. The van der Waals surface area contributed by atoms with E-state index in [1.165, 1.54) is 5.56 Å². The molecule has 1 N–H and O–H groups in total. The number of benzene rings is 1. The molecule has 0 spiro atoms. The van der Waals surface area contributed by atoms with Gasteiger partial charge in [0.2, 0.25) is 0 Å². The minimum absolute atomic E-state index is 0.0327. The number of aliphatic hydroxyl groups is 1. The second-order valence-corrected chi connectivity index (χ2v) is 6.49. The Labute approximate surface area is 128 Å². The summed E-state index contributed by atoms with van der Waals surface area (Å²) in [5.74, 6) is 0. The van der Waals surface area contributed by atoms with E-state index in [-0.39, 0.29) is 12.2 Å². The zero-order valence-electron chi connectivity index (χ0n) is 11.0. The fourth-order valence-corrected chi connectivity index (χ4v) is 3.20. The van der Waals surface area contributed by atoms with Gasteiger partial charge in [0, 0.05) is 17.1 Å². The molecule has 1 aliphatic heterocycles. The van der Waals surface area contributed by atoms with Crippen molar-refractivity contribution in [2.45, 2.75) is 42.0 Å². The quantitative estimate of drug-likeness (QED) is 0.472. The van der Waals surface area contributed by atoms with Crippen LogP contribution in [0.25, 0.3) is 0 Å². The van der Waals surface area contributed by atoms with Crippen LogP contribution in [0.4, 0.5) is 0 Å². The van der Waals surface area contributed by atoms with Gasteiger partial charge in [-0.1, -0.05) is 52.9 Å². The Morgan fingerprint density at radius 2 is 2.16 bits per heavy atom. The number of halogens is 1. The number of hydrogen-bond acceptors (Lipinski definition) is 3. The zero-order valence-corrected chi connectivity index (χ0v) is 13.2. The molecule has 1 saturated heterocycles. The third kappa shape index (κ3) is 5.02. The first kappa shape index (κ1) is 15.2. The first-order valence-corrected chi connectivity index (χ1v) is 8.07. The summed E-state index contributed by atoms with van der Waals surface area (Å²) in [6, 6.07) is 10.2. The van der Waals surface area contributed by atoms with Crippen molar-refractivity contribution in [2.75, 3.05) is 13.2 Å². The fourth-order valence-electron chi connectivity index (χ4n) is 2.26. The molecule has 1 aliphatic rings. The predicted octanol–water partition coefficient (Wildman–Crippen LogP) is 2.94. The standard InChI is InChI=1S/C15H21IO3/c16-13(15-14(17)7-4-9-19-15)8-10-18-11-12-5-2-1-3-6-12/h1-3,5-6,13-15,17H,4,7-11H2/t13-,14-,15+/m1/s1. The smallest absolute Gasteiger partial charge is 0.0951 e. The van der Waals surface area contributed by atoms with E-state index in [2.05, 4.69) is 34.7 Å². The van der Waals surface area contributed by atoms with Crippen LogP contribution in [-0.4, -0.2) is 34.5 Å². The van der Waals surface area contributed by atoms with Gasteiger partial charge in [0.05, 0.1) is 18.8 Å². The first-order valence-electron chi connectivity index (χ1n) is 6.83. The van der Waals surface area contributed by atoms with Crippen molar-refractivity contribution < 1.29 is 14.6 Å². The Bertz CT molecular complexity index is 358. The lowest BCUT2D eigenvalue weighted by Crippen LogP contribution is -2.40. The topological polar surface area (TPSA) is 38.7 Å². The second kappa shape index (κ2) is 8.19. The minimum Gasteiger partial charge on any atom is -0.390 e. The van der Waals surface area contributed by atoms with Crippen molar-refractivity contribution in [3.63, 3.8) is 0 Å². The third-order valence-corrected chi connectivity index (χ3v) is 4.67. The third-order valence-electron chi connectivity index (χ3n) is 3.34. The molecular weight excluding hydrogens is 355 g/mol. The van der Waals surface area contributed by atoms with Crippen molar-refractivity contribution in [1.82, 2.24) is 0 Å². The molecule has 4 heteroatoms. The minimum atomic E-state index is -0.315. The summed E-state index contributed by atoms with van der Waals surface area (Å²) >= 11 is 2.37.